The standard InChI is InChI=1S/C30H30ClNO5S/c1-19(2)24-12-11-20(3)15-26(24)36-14-13-32-29(33)27(38-30(32)34)17-22-8-6-10-25(35-4)28(22)37-18-21-7-5-9-23(31)16-21/h5-12,15-17,19H,13-14,18H2,1-4H3/b27-17-. The molecule has 1 fully saturated rings. The van der Waals surface area contributed by atoms with E-state index in [0.29, 0.717) is 32.9 Å². The fourth-order valence-corrected chi connectivity index (χ4v) is 5.14. The third-order valence-electron chi connectivity index (χ3n) is 6.03. The van der Waals surface area contributed by atoms with E-state index in [4.69, 9.17) is 25.8 Å². The van der Waals surface area contributed by atoms with E-state index in [1.165, 1.54) is 4.90 Å². The molecule has 0 atom stereocenters. The van der Waals surface area contributed by atoms with Gasteiger partial charge in [-0.05, 0) is 71.6 Å². The van der Waals surface area contributed by atoms with Gasteiger partial charge in [-0.15, -0.1) is 0 Å². The lowest BCUT2D eigenvalue weighted by Crippen LogP contribution is -2.32. The highest BCUT2D eigenvalue weighted by Gasteiger charge is 2.35. The maximum absolute atomic E-state index is 13.1. The van der Waals surface area contributed by atoms with Gasteiger partial charge >= 0.3 is 0 Å². The third-order valence-corrected chi connectivity index (χ3v) is 7.17. The zero-order valence-electron chi connectivity index (χ0n) is 21.8. The molecule has 3 aromatic rings. The number of para-hydroxylation sites is 1. The lowest BCUT2D eigenvalue weighted by molar-refractivity contribution is -0.123. The molecule has 1 aliphatic heterocycles. The number of carbonyl (C=O) groups excluding carboxylic acids is 2. The van der Waals surface area contributed by atoms with Crippen molar-refractivity contribution in [3.8, 4) is 17.2 Å². The molecular formula is C30H30ClNO5S. The number of benzene rings is 3. The van der Waals surface area contributed by atoms with Crippen LogP contribution in [0.3, 0.4) is 0 Å². The number of thioether (sulfide) groups is 1. The summed E-state index contributed by atoms with van der Waals surface area (Å²) in [5, 5.41) is 0.286. The Morgan fingerprint density at radius 2 is 1.79 bits per heavy atom. The predicted molar refractivity (Wildman–Crippen MR) is 152 cm³/mol. The van der Waals surface area contributed by atoms with Crippen molar-refractivity contribution in [1.82, 2.24) is 4.90 Å². The van der Waals surface area contributed by atoms with Crippen LogP contribution < -0.4 is 14.2 Å². The van der Waals surface area contributed by atoms with Crippen LogP contribution in [-0.2, 0) is 11.4 Å². The molecule has 0 bridgehead atoms. The molecule has 0 N–H and O–H groups in total. The molecule has 0 aliphatic carbocycles. The van der Waals surface area contributed by atoms with Crippen molar-refractivity contribution >= 4 is 40.6 Å². The average molecular weight is 552 g/mol. The molecule has 0 spiro atoms. The van der Waals surface area contributed by atoms with E-state index < -0.39 is 0 Å². The summed E-state index contributed by atoms with van der Waals surface area (Å²) in [6.07, 6.45) is 1.67. The highest BCUT2D eigenvalue weighted by atomic mass is 35.5. The number of carbonyl (C=O) groups is 2. The molecule has 4 rings (SSSR count). The second kappa shape index (κ2) is 12.4. The molecule has 1 heterocycles. The molecule has 0 radical (unpaired) electrons. The van der Waals surface area contributed by atoms with Crippen molar-refractivity contribution in [3.05, 3.63) is 92.8 Å². The van der Waals surface area contributed by atoms with Crippen LogP contribution >= 0.6 is 23.4 Å². The van der Waals surface area contributed by atoms with E-state index >= 15 is 0 Å². The summed E-state index contributed by atoms with van der Waals surface area (Å²) in [5.74, 6) is 1.71. The predicted octanol–water partition coefficient (Wildman–Crippen LogP) is 7.47. The summed E-state index contributed by atoms with van der Waals surface area (Å²) in [6, 6.07) is 18.9. The molecule has 198 valence electrons. The number of hydrogen-bond donors (Lipinski definition) is 0. The number of amides is 2. The van der Waals surface area contributed by atoms with Gasteiger partial charge in [0.05, 0.1) is 18.6 Å². The fourth-order valence-electron chi connectivity index (χ4n) is 4.07. The Morgan fingerprint density at radius 3 is 2.53 bits per heavy atom. The second-order valence-corrected chi connectivity index (χ2v) is 10.6. The Labute approximate surface area is 232 Å². The molecule has 8 heteroatoms. The number of methoxy groups -OCH3 is 1. The minimum Gasteiger partial charge on any atom is -0.493 e. The van der Waals surface area contributed by atoms with Gasteiger partial charge in [-0.3, -0.25) is 14.5 Å². The van der Waals surface area contributed by atoms with Crippen LogP contribution in [0.25, 0.3) is 6.08 Å². The fraction of sp³-hybridized carbons (Fsp3) is 0.267. The Kier molecular flexibility index (Phi) is 9.02. The number of rotatable bonds is 10. The van der Waals surface area contributed by atoms with Crippen molar-refractivity contribution in [2.75, 3.05) is 20.3 Å². The van der Waals surface area contributed by atoms with Gasteiger partial charge in [-0.2, -0.15) is 0 Å². The summed E-state index contributed by atoms with van der Waals surface area (Å²) >= 11 is 7.00. The van der Waals surface area contributed by atoms with Crippen molar-refractivity contribution in [2.24, 2.45) is 0 Å². The van der Waals surface area contributed by atoms with Gasteiger partial charge in [0.25, 0.3) is 11.1 Å². The van der Waals surface area contributed by atoms with Gasteiger partial charge in [0.2, 0.25) is 0 Å². The zero-order valence-corrected chi connectivity index (χ0v) is 23.4. The van der Waals surface area contributed by atoms with Crippen molar-refractivity contribution in [2.45, 2.75) is 33.3 Å². The van der Waals surface area contributed by atoms with E-state index in [-0.39, 0.29) is 30.9 Å². The molecule has 0 unspecified atom stereocenters. The minimum atomic E-state index is -0.361. The Balaban J connectivity index is 1.48. The highest BCUT2D eigenvalue weighted by Crippen LogP contribution is 2.38. The first-order valence-corrected chi connectivity index (χ1v) is 13.5. The van der Waals surface area contributed by atoms with Gasteiger partial charge in [0.1, 0.15) is 19.0 Å². The average Bonchev–Trinajstić information content (AvgIpc) is 3.15. The van der Waals surface area contributed by atoms with E-state index in [0.717, 1.165) is 34.2 Å². The van der Waals surface area contributed by atoms with E-state index in [1.54, 1.807) is 25.3 Å². The van der Waals surface area contributed by atoms with E-state index in [1.807, 2.05) is 43.3 Å². The number of ether oxygens (including phenoxy) is 3. The maximum Gasteiger partial charge on any atom is 0.293 e. The normalized spacial score (nSPS) is 14.5. The van der Waals surface area contributed by atoms with Crippen LogP contribution in [0.15, 0.2) is 65.6 Å². The Morgan fingerprint density at radius 1 is 1.00 bits per heavy atom. The maximum atomic E-state index is 13.1. The largest absolute Gasteiger partial charge is 0.493 e. The number of nitrogens with zero attached hydrogens (tertiary/aromatic N) is 1. The molecule has 1 aliphatic rings. The topological polar surface area (TPSA) is 65.1 Å². The Hall–Kier alpha value is -3.42. The minimum absolute atomic E-state index is 0.156. The van der Waals surface area contributed by atoms with Crippen molar-refractivity contribution < 1.29 is 23.8 Å². The van der Waals surface area contributed by atoms with Crippen molar-refractivity contribution in [1.29, 1.82) is 0 Å². The van der Waals surface area contributed by atoms with Crippen LogP contribution in [0.5, 0.6) is 17.2 Å². The third kappa shape index (κ3) is 6.52. The molecule has 2 amide bonds. The smallest absolute Gasteiger partial charge is 0.293 e. The first-order chi connectivity index (χ1) is 18.3. The Bertz CT molecular complexity index is 1370. The van der Waals surface area contributed by atoms with Gasteiger partial charge < -0.3 is 14.2 Å². The van der Waals surface area contributed by atoms with Gasteiger partial charge in [0, 0.05) is 10.6 Å². The molecule has 1 saturated heterocycles. The number of imide groups is 1. The quantitative estimate of drug-likeness (QED) is 0.243. The summed E-state index contributed by atoms with van der Waals surface area (Å²) in [4.78, 5) is 27.4. The lowest BCUT2D eigenvalue weighted by Gasteiger charge is -2.17. The summed E-state index contributed by atoms with van der Waals surface area (Å²) in [7, 11) is 1.55. The number of hydrogen-bond acceptors (Lipinski definition) is 6. The summed E-state index contributed by atoms with van der Waals surface area (Å²) < 4.78 is 17.6. The zero-order chi connectivity index (χ0) is 27.2. The van der Waals surface area contributed by atoms with Gasteiger partial charge in [0.15, 0.2) is 11.5 Å². The number of halogens is 1. The van der Waals surface area contributed by atoms with Gasteiger partial charge in [-0.25, -0.2) is 0 Å². The summed E-state index contributed by atoms with van der Waals surface area (Å²) in [6.45, 7) is 6.83. The van der Waals surface area contributed by atoms with Gasteiger partial charge in [-0.1, -0.05) is 61.8 Å². The summed E-state index contributed by atoms with van der Waals surface area (Å²) in [5.41, 5.74) is 3.71. The van der Waals surface area contributed by atoms with Crippen LogP contribution in [0.2, 0.25) is 5.02 Å². The molecule has 6 nitrogen and oxygen atoms in total. The van der Waals surface area contributed by atoms with Crippen LogP contribution in [0, 0.1) is 6.92 Å². The lowest BCUT2D eigenvalue weighted by atomic mass is 10.0. The van der Waals surface area contributed by atoms with Crippen LogP contribution in [0.4, 0.5) is 4.79 Å². The highest BCUT2D eigenvalue weighted by molar-refractivity contribution is 8.18. The second-order valence-electron chi connectivity index (χ2n) is 9.18. The van der Waals surface area contributed by atoms with Crippen LogP contribution in [0.1, 0.15) is 42.0 Å². The monoisotopic (exact) mass is 551 g/mol. The first-order valence-electron chi connectivity index (χ1n) is 12.3. The van der Waals surface area contributed by atoms with E-state index in [2.05, 4.69) is 26.0 Å². The molecule has 3 aromatic carbocycles. The molecule has 0 aromatic heterocycles. The molecule has 0 saturated carbocycles. The van der Waals surface area contributed by atoms with Crippen molar-refractivity contribution in [3.63, 3.8) is 0 Å². The first kappa shape index (κ1) is 27.6. The number of aryl methyl sites for hydroxylation is 1. The van der Waals surface area contributed by atoms with Crippen LogP contribution in [-0.4, -0.2) is 36.3 Å². The molecule has 38 heavy (non-hydrogen) atoms. The SMILES string of the molecule is COc1cccc(/C=C2\SC(=O)N(CCOc3cc(C)ccc3C(C)C)C2=O)c1OCc1cccc(Cl)c1. The van der Waals surface area contributed by atoms with E-state index in [9.17, 15) is 9.59 Å². The molecular weight excluding hydrogens is 522 g/mol.